The Labute approximate surface area is 222 Å². The van der Waals surface area contributed by atoms with Crippen molar-refractivity contribution in [2.75, 3.05) is 26.4 Å². The molecule has 6 nitrogen and oxygen atoms in total. The third kappa shape index (κ3) is 9.19. The smallest absolute Gasteiger partial charge is 0.261 e. The first-order valence-electron chi connectivity index (χ1n) is 12.3. The van der Waals surface area contributed by atoms with Crippen molar-refractivity contribution in [3.8, 4) is 5.75 Å². The molecule has 0 aliphatic heterocycles. The summed E-state index contributed by atoms with van der Waals surface area (Å²) in [7, 11) is 0. The molecule has 3 aromatic rings. The monoisotopic (exact) mass is 526 g/mol. The first-order valence-corrected chi connectivity index (χ1v) is 12.7. The number of nitrogens with one attached hydrogen (secondary N) is 1. The average molecular weight is 527 g/mol. The second-order valence-electron chi connectivity index (χ2n) is 8.41. The van der Waals surface area contributed by atoms with Crippen molar-refractivity contribution in [2.45, 2.75) is 32.4 Å². The number of hydrogen-bond acceptors (Lipinski definition) is 4. The lowest BCUT2D eigenvalue weighted by molar-refractivity contribution is -0.142. The molecule has 0 bridgehead atoms. The maximum absolute atomic E-state index is 13.5. The molecule has 0 fully saturated rings. The average Bonchev–Trinajstić information content (AvgIpc) is 2.91. The Morgan fingerprint density at radius 2 is 1.68 bits per heavy atom. The van der Waals surface area contributed by atoms with Gasteiger partial charge in [0, 0.05) is 32.7 Å². The Morgan fingerprint density at radius 3 is 2.38 bits per heavy atom. The largest absolute Gasteiger partial charge is 0.482 e. The Hall–Kier alpha value is -3.42. The number of ether oxygens (including phenoxy) is 2. The van der Waals surface area contributed by atoms with E-state index in [0.717, 1.165) is 5.56 Å². The van der Waals surface area contributed by atoms with Gasteiger partial charge in [-0.2, -0.15) is 0 Å². The van der Waals surface area contributed by atoms with Gasteiger partial charge in [0.05, 0.1) is 5.02 Å². The lowest BCUT2D eigenvalue weighted by atomic mass is 10.0. The van der Waals surface area contributed by atoms with Crippen LogP contribution in [0.2, 0.25) is 5.02 Å². The van der Waals surface area contributed by atoms with Gasteiger partial charge in [-0.25, -0.2) is 4.39 Å². The molecule has 37 heavy (non-hydrogen) atoms. The summed E-state index contributed by atoms with van der Waals surface area (Å²) in [5.41, 5.74) is 1.59. The molecule has 2 amide bonds. The van der Waals surface area contributed by atoms with Crippen LogP contribution in [0.1, 0.15) is 24.5 Å². The highest BCUT2D eigenvalue weighted by atomic mass is 35.5. The number of carbonyl (C=O) groups excluding carboxylic acids is 2. The lowest BCUT2D eigenvalue weighted by Gasteiger charge is -2.31. The van der Waals surface area contributed by atoms with Gasteiger partial charge in [-0.05, 0) is 48.7 Å². The Balaban J connectivity index is 1.85. The second-order valence-corrected chi connectivity index (χ2v) is 8.82. The van der Waals surface area contributed by atoms with E-state index in [0.29, 0.717) is 48.9 Å². The number of rotatable bonds is 14. The molecule has 0 saturated heterocycles. The fourth-order valence-corrected chi connectivity index (χ4v) is 3.96. The maximum Gasteiger partial charge on any atom is 0.261 e. The molecule has 0 saturated carbocycles. The van der Waals surface area contributed by atoms with Crippen molar-refractivity contribution in [1.29, 1.82) is 0 Å². The highest BCUT2D eigenvalue weighted by Gasteiger charge is 2.30. The summed E-state index contributed by atoms with van der Waals surface area (Å²) >= 11 is 6.19. The summed E-state index contributed by atoms with van der Waals surface area (Å²) in [5.74, 6) is -0.681. The minimum Gasteiger partial charge on any atom is -0.482 e. The molecule has 0 aliphatic rings. The van der Waals surface area contributed by atoms with Gasteiger partial charge in [-0.3, -0.25) is 9.59 Å². The molecule has 0 heterocycles. The van der Waals surface area contributed by atoms with Crippen LogP contribution < -0.4 is 10.1 Å². The van der Waals surface area contributed by atoms with Crippen LogP contribution in [0.15, 0.2) is 78.9 Å². The van der Waals surface area contributed by atoms with E-state index in [9.17, 15) is 14.0 Å². The zero-order chi connectivity index (χ0) is 26.5. The van der Waals surface area contributed by atoms with Gasteiger partial charge in [-0.15, -0.1) is 0 Å². The molecule has 1 atom stereocenters. The van der Waals surface area contributed by atoms with Gasteiger partial charge >= 0.3 is 0 Å². The predicted molar refractivity (Wildman–Crippen MR) is 142 cm³/mol. The van der Waals surface area contributed by atoms with Crippen molar-refractivity contribution in [3.05, 3.63) is 101 Å². The van der Waals surface area contributed by atoms with Crippen LogP contribution in [-0.2, 0) is 27.3 Å². The highest BCUT2D eigenvalue weighted by molar-refractivity contribution is 6.32. The van der Waals surface area contributed by atoms with Crippen LogP contribution in [-0.4, -0.2) is 49.1 Å². The topological polar surface area (TPSA) is 67.9 Å². The van der Waals surface area contributed by atoms with E-state index in [2.05, 4.69) is 5.32 Å². The van der Waals surface area contributed by atoms with Crippen molar-refractivity contribution < 1.29 is 23.5 Å². The standard InChI is InChI=1S/C29H32ClFN2O4/c1-2-36-18-8-17-32-29(35)26(19-22-9-4-3-5-10-22)33(20-23-13-15-24(31)16-14-23)28(34)21-37-27-12-7-6-11-25(27)30/h3-7,9-16,26H,2,8,17-21H2,1H3,(H,32,35)/t26-/m1/s1. The van der Waals surface area contributed by atoms with Crippen molar-refractivity contribution in [1.82, 2.24) is 10.2 Å². The number of para-hydroxylation sites is 1. The number of amides is 2. The Kier molecular flexibility index (Phi) is 11.4. The molecule has 0 radical (unpaired) electrons. The van der Waals surface area contributed by atoms with E-state index >= 15 is 0 Å². The summed E-state index contributed by atoms with van der Waals surface area (Å²) in [5, 5.41) is 3.32. The molecule has 196 valence electrons. The number of nitrogens with zero attached hydrogens (tertiary/aromatic N) is 1. The summed E-state index contributed by atoms with van der Waals surface area (Å²) in [4.78, 5) is 28.4. The van der Waals surface area contributed by atoms with E-state index in [1.165, 1.54) is 17.0 Å². The van der Waals surface area contributed by atoms with E-state index < -0.39 is 11.9 Å². The van der Waals surface area contributed by atoms with Crippen molar-refractivity contribution in [2.24, 2.45) is 0 Å². The molecular formula is C29H32ClFN2O4. The van der Waals surface area contributed by atoms with Gasteiger partial charge in [0.2, 0.25) is 5.91 Å². The zero-order valence-electron chi connectivity index (χ0n) is 20.9. The lowest BCUT2D eigenvalue weighted by Crippen LogP contribution is -2.52. The minimum atomic E-state index is -0.818. The number of benzene rings is 3. The molecule has 8 heteroatoms. The zero-order valence-corrected chi connectivity index (χ0v) is 21.6. The van der Waals surface area contributed by atoms with Crippen LogP contribution in [0.4, 0.5) is 4.39 Å². The van der Waals surface area contributed by atoms with Gasteiger partial charge in [0.15, 0.2) is 6.61 Å². The first-order chi connectivity index (χ1) is 18.0. The van der Waals surface area contributed by atoms with Crippen molar-refractivity contribution in [3.63, 3.8) is 0 Å². The van der Waals surface area contributed by atoms with Crippen LogP contribution in [0.5, 0.6) is 5.75 Å². The van der Waals surface area contributed by atoms with Crippen molar-refractivity contribution >= 4 is 23.4 Å². The normalized spacial score (nSPS) is 11.5. The first kappa shape index (κ1) is 28.2. The minimum absolute atomic E-state index is 0.106. The highest BCUT2D eigenvalue weighted by Crippen LogP contribution is 2.23. The fraction of sp³-hybridized carbons (Fsp3) is 0.310. The third-order valence-corrected chi connectivity index (χ3v) is 6.01. The SMILES string of the molecule is CCOCCCNC(=O)[C@@H](Cc1ccccc1)N(Cc1ccc(F)cc1)C(=O)COc1ccccc1Cl. The summed E-state index contributed by atoms with van der Waals surface area (Å²) < 4.78 is 24.6. The predicted octanol–water partition coefficient (Wildman–Crippen LogP) is 5.04. The van der Waals surface area contributed by atoms with E-state index in [-0.39, 0.29) is 24.9 Å². The Morgan fingerprint density at radius 1 is 0.973 bits per heavy atom. The Bertz CT molecular complexity index is 1130. The summed E-state index contributed by atoms with van der Waals surface area (Å²) in [6, 6.07) is 21.4. The second kappa shape index (κ2) is 15.0. The molecular weight excluding hydrogens is 495 g/mol. The molecule has 3 aromatic carbocycles. The third-order valence-electron chi connectivity index (χ3n) is 5.69. The van der Waals surface area contributed by atoms with Gasteiger partial charge in [0.1, 0.15) is 17.6 Å². The molecule has 0 aromatic heterocycles. The van der Waals surface area contributed by atoms with E-state index in [1.54, 1.807) is 36.4 Å². The number of carbonyl (C=O) groups is 2. The van der Waals surface area contributed by atoms with Gasteiger partial charge in [-0.1, -0.05) is 66.2 Å². The maximum atomic E-state index is 13.5. The fourth-order valence-electron chi connectivity index (χ4n) is 3.77. The number of halogens is 2. The molecule has 0 unspecified atom stereocenters. The van der Waals surface area contributed by atoms with Crippen LogP contribution in [0.3, 0.4) is 0 Å². The molecule has 0 spiro atoms. The van der Waals surface area contributed by atoms with Crippen LogP contribution >= 0.6 is 11.6 Å². The number of hydrogen-bond donors (Lipinski definition) is 1. The summed E-state index contributed by atoms with van der Waals surface area (Å²) in [6.07, 6.45) is 0.955. The van der Waals surface area contributed by atoms with Gasteiger partial charge < -0.3 is 19.7 Å². The summed E-state index contributed by atoms with van der Waals surface area (Å²) in [6.45, 7) is 3.26. The molecule has 0 aliphatic carbocycles. The quantitative estimate of drug-likeness (QED) is 0.299. The van der Waals surface area contributed by atoms with Crippen LogP contribution in [0.25, 0.3) is 0 Å². The van der Waals surface area contributed by atoms with E-state index in [1.807, 2.05) is 37.3 Å². The van der Waals surface area contributed by atoms with Gasteiger partial charge in [0.25, 0.3) is 5.91 Å². The molecule has 1 N–H and O–H groups in total. The molecule has 3 rings (SSSR count). The van der Waals surface area contributed by atoms with Crippen LogP contribution in [0, 0.1) is 5.82 Å². The van der Waals surface area contributed by atoms with E-state index in [4.69, 9.17) is 21.1 Å².